The number of ether oxygens (including phenoxy) is 1. The smallest absolute Gasteiger partial charge is 0.254 e. The molecule has 1 atom stereocenters. The molecule has 1 aliphatic heterocycles. The second-order valence-electron chi connectivity index (χ2n) is 5.49. The second kappa shape index (κ2) is 7.55. The van der Waals surface area contributed by atoms with Crippen LogP contribution in [0.3, 0.4) is 0 Å². The number of pyridine rings is 1. The molecule has 1 aromatic carbocycles. The minimum Gasteiger partial charge on any atom is -0.493 e. The quantitative estimate of drug-likeness (QED) is 0.647. The highest BCUT2D eigenvalue weighted by molar-refractivity contribution is 6.01. The lowest BCUT2D eigenvalue weighted by molar-refractivity contribution is -0.109. The van der Waals surface area contributed by atoms with E-state index in [1.807, 2.05) is 36.4 Å². The van der Waals surface area contributed by atoms with E-state index in [9.17, 15) is 9.59 Å². The third-order valence-corrected chi connectivity index (χ3v) is 3.75. The van der Waals surface area contributed by atoms with Crippen molar-refractivity contribution in [1.82, 2.24) is 10.3 Å². The highest BCUT2D eigenvalue weighted by Gasteiger charge is 2.17. The van der Waals surface area contributed by atoms with Crippen LogP contribution in [0.4, 0.5) is 0 Å². The third kappa shape index (κ3) is 3.68. The fourth-order valence-corrected chi connectivity index (χ4v) is 2.55. The molecule has 5 nitrogen and oxygen atoms in total. The molecule has 0 aliphatic carbocycles. The number of aldehydes is 1. The number of hydrogen-bond acceptors (Lipinski definition) is 4. The summed E-state index contributed by atoms with van der Waals surface area (Å²) in [6, 6.07) is 10.4. The van der Waals surface area contributed by atoms with Crippen molar-refractivity contribution >= 4 is 12.2 Å². The molecule has 1 N–H and O–H groups in total. The van der Waals surface area contributed by atoms with Crippen LogP contribution in [0.1, 0.15) is 23.2 Å². The molecule has 2 heterocycles. The Labute approximate surface area is 140 Å². The minimum atomic E-state index is -0.558. The topological polar surface area (TPSA) is 68.3 Å². The summed E-state index contributed by atoms with van der Waals surface area (Å²) in [5.74, 6) is 0.424. The van der Waals surface area contributed by atoms with Crippen molar-refractivity contribution in [3.05, 3.63) is 60.3 Å². The van der Waals surface area contributed by atoms with Gasteiger partial charge in [0, 0.05) is 11.8 Å². The van der Waals surface area contributed by atoms with Crippen LogP contribution in [0.25, 0.3) is 11.3 Å². The number of aromatic nitrogens is 1. The summed E-state index contributed by atoms with van der Waals surface area (Å²) >= 11 is 0. The van der Waals surface area contributed by atoms with Crippen molar-refractivity contribution in [3.8, 4) is 17.0 Å². The van der Waals surface area contributed by atoms with Gasteiger partial charge < -0.3 is 14.8 Å². The summed E-state index contributed by atoms with van der Waals surface area (Å²) in [6.45, 7) is 0.549. The van der Waals surface area contributed by atoms with Crippen LogP contribution in [0, 0.1) is 0 Å². The van der Waals surface area contributed by atoms with E-state index in [4.69, 9.17) is 4.74 Å². The molecule has 2 bridgehead atoms. The number of fused-ring (bicyclic) bond motifs is 4. The van der Waals surface area contributed by atoms with Crippen LogP contribution in [0.2, 0.25) is 0 Å². The molecule has 2 aromatic rings. The van der Waals surface area contributed by atoms with Gasteiger partial charge in [-0.25, -0.2) is 0 Å². The first-order chi connectivity index (χ1) is 11.8. The zero-order valence-corrected chi connectivity index (χ0v) is 13.1. The Morgan fingerprint density at radius 1 is 1.21 bits per heavy atom. The molecule has 0 spiro atoms. The Bertz CT molecular complexity index is 771. The molecule has 1 aromatic heterocycles. The highest BCUT2D eigenvalue weighted by Crippen LogP contribution is 2.25. The predicted molar refractivity (Wildman–Crippen MR) is 90.9 cm³/mol. The molecule has 1 amide bonds. The fourth-order valence-electron chi connectivity index (χ4n) is 2.55. The molecule has 1 aliphatic rings. The summed E-state index contributed by atoms with van der Waals surface area (Å²) in [4.78, 5) is 28.1. The molecular formula is C19H18N2O3. The fraction of sp³-hybridized carbons (Fsp3) is 0.211. The lowest BCUT2D eigenvalue weighted by Gasteiger charge is -2.14. The van der Waals surface area contributed by atoms with Gasteiger partial charge in [-0.15, -0.1) is 0 Å². The lowest BCUT2D eigenvalue weighted by Crippen LogP contribution is -2.36. The van der Waals surface area contributed by atoms with Crippen molar-refractivity contribution in [3.63, 3.8) is 0 Å². The van der Waals surface area contributed by atoms with Crippen LogP contribution >= 0.6 is 0 Å². The van der Waals surface area contributed by atoms with Crippen LogP contribution in [-0.2, 0) is 4.79 Å². The van der Waals surface area contributed by atoms with Crippen molar-refractivity contribution in [2.75, 3.05) is 6.61 Å². The number of benzene rings is 1. The number of hydrogen-bond donors (Lipinski definition) is 1. The van der Waals surface area contributed by atoms with Crippen LogP contribution in [-0.4, -0.2) is 29.8 Å². The number of nitrogens with one attached hydrogen (secondary N) is 1. The molecule has 1 unspecified atom stereocenters. The lowest BCUT2D eigenvalue weighted by atomic mass is 10.0. The average Bonchev–Trinajstić information content (AvgIpc) is 2.63. The van der Waals surface area contributed by atoms with Gasteiger partial charge in [0.15, 0.2) is 0 Å². The van der Waals surface area contributed by atoms with Gasteiger partial charge in [0.25, 0.3) is 5.91 Å². The predicted octanol–water partition coefficient (Wildman–Crippen LogP) is 2.77. The largest absolute Gasteiger partial charge is 0.493 e. The SMILES string of the molecule is O=CC1C/C=C\CCOc2cccc(c2)-c2ncccc2C(=O)N1. The molecular weight excluding hydrogens is 304 g/mol. The zero-order chi connectivity index (χ0) is 16.8. The standard InChI is InChI=1S/C19H18N2O3/c22-13-15-7-2-1-3-11-24-16-8-4-6-14(12-16)18-17(19(23)21-15)9-5-10-20-18/h1-2,4-6,8-10,12-13,15H,3,7,11H2,(H,21,23)/b2-1-. The van der Waals surface area contributed by atoms with Gasteiger partial charge in [-0.05, 0) is 37.1 Å². The average molecular weight is 322 g/mol. The number of carbonyl (C=O) groups excluding carboxylic acids is 2. The van der Waals surface area contributed by atoms with E-state index in [0.717, 1.165) is 24.0 Å². The number of nitrogens with zero attached hydrogens (tertiary/aromatic N) is 1. The highest BCUT2D eigenvalue weighted by atomic mass is 16.5. The van der Waals surface area contributed by atoms with Crippen molar-refractivity contribution in [1.29, 1.82) is 0 Å². The molecule has 24 heavy (non-hydrogen) atoms. The van der Waals surface area contributed by atoms with Gasteiger partial charge in [0.1, 0.15) is 12.0 Å². The first-order valence-electron chi connectivity index (χ1n) is 7.87. The Hall–Kier alpha value is -2.95. The number of amides is 1. The number of rotatable bonds is 1. The summed E-state index contributed by atoms with van der Waals surface area (Å²) < 4.78 is 5.74. The minimum absolute atomic E-state index is 0.313. The van der Waals surface area contributed by atoms with E-state index in [1.54, 1.807) is 18.3 Å². The molecule has 0 radical (unpaired) electrons. The van der Waals surface area contributed by atoms with Crippen molar-refractivity contribution in [2.45, 2.75) is 18.9 Å². The Kier molecular flexibility index (Phi) is 5.01. The molecule has 3 rings (SSSR count). The molecule has 0 saturated carbocycles. The summed E-state index contributed by atoms with van der Waals surface area (Å²) in [5.41, 5.74) is 1.80. The Morgan fingerprint density at radius 2 is 2.12 bits per heavy atom. The molecule has 5 heteroatoms. The van der Waals surface area contributed by atoms with E-state index < -0.39 is 6.04 Å². The summed E-state index contributed by atoms with van der Waals surface area (Å²) in [7, 11) is 0. The summed E-state index contributed by atoms with van der Waals surface area (Å²) in [6.07, 6.45) is 7.42. The van der Waals surface area contributed by atoms with Gasteiger partial charge in [-0.3, -0.25) is 9.78 Å². The van der Waals surface area contributed by atoms with Crippen LogP contribution in [0.5, 0.6) is 5.75 Å². The van der Waals surface area contributed by atoms with E-state index in [2.05, 4.69) is 10.3 Å². The van der Waals surface area contributed by atoms with E-state index in [-0.39, 0.29) is 5.91 Å². The normalized spacial score (nSPS) is 19.2. The van der Waals surface area contributed by atoms with Crippen molar-refractivity contribution in [2.24, 2.45) is 0 Å². The van der Waals surface area contributed by atoms with E-state index in [0.29, 0.717) is 24.3 Å². The second-order valence-corrected chi connectivity index (χ2v) is 5.49. The first-order valence-corrected chi connectivity index (χ1v) is 7.87. The van der Waals surface area contributed by atoms with Gasteiger partial charge in [-0.2, -0.15) is 0 Å². The van der Waals surface area contributed by atoms with Gasteiger partial charge in [-0.1, -0.05) is 24.3 Å². The Balaban J connectivity index is 2.03. The summed E-state index contributed by atoms with van der Waals surface area (Å²) in [5, 5.41) is 2.76. The van der Waals surface area contributed by atoms with Gasteiger partial charge in [0.2, 0.25) is 0 Å². The maximum absolute atomic E-state index is 12.6. The molecule has 0 fully saturated rings. The first kappa shape index (κ1) is 15.9. The monoisotopic (exact) mass is 322 g/mol. The molecule has 122 valence electrons. The van der Waals surface area contributed by atoms with Gasteiger partial charge in [0.05, 0.1) is 23.9 Å². The number of carbonyl (C=O) groups is 2. The van der Waals surface area contributed by atoms with Crippen LogP contribution in [0.15, 0.2) is 54.7 Å². The molecule has 0 saturated heterocycles. The van der Waals surface area contributed by atoms with E-state index in [1.165, 1.54) is 0 Å². The third-order valence-electron chi connectivity index (χ3n) is 3.75. The van der Waals surface area contributed by atoms with Crippen molar-refractivity contribution < 1.29 is 14.3 Å². The van der Waals surface area contributed by atoms with Gasteiger partial charge >= 0.3 is 0 Å². The zero-order valence-electron chi connectivity index (χ0n) is 13.1. The van der Waals surface area contributed by atoms with E-state index >= 15 is 0 Å². The Morgan fingerprint density at radius 3 is 3.00 bits per heavy atom. The van der Waals surface area contributed by atoms with Crippen LogP contribution < -0.4 is 10.1 Å². The maximum Gasteiger partial charge on any atom is 0.254 e. The maximum atomic E-state index is 12.6.